The van der Waals surface area contributed by atoms with Crippen LogP contribution in [0, 0.1) is 4.91 Å². The Labute approximate surface area is 156 Å². The van der Waals surface area contributed by atoms with Crippen LogP contribution in [0.3, 0.4) is 0 Å². The Morgan fingerprint density at radius 1 is 0.542 bits per heavy atom. The monoisotopic (exact) mass is 495 g/mol. The predicted octanol–water partition coefficient (Wildman–Crippen LogP) is 6.70. The topological polar surface area (TPSA) is 29.4 Å². The first kappa shape index (κ1) is 24.7. The van der Waals surface area contributed by atoms with E-state index in [0.717, 1.165) is 5.18 Å². The van der Waals surface area contributed by atoms with E-state index >= 15 is 0 Å². The van der Waals surface area contributed by atoms with Crippen molar-refractivity contribution in [2.24, 2.45) is 5.18 Å². The number of rotatable bonds is 6. The second-order valence-electron chi connectivity index (χ2n) is 4.00. The van der Waals surface area contributed by atoms with Crippen molar-refractivity contribution in [1.29, 1.82) is 0 Å². The van der Waals surface area contributed by atoms with Gasteiger partial charge in [-0.3, -0.25) is 0 Å². The van der Waals surface area contributed by atoms with Crippen LogP contribution >= 0.6 is 69.6 Å². The van der Waals surface area contributed by atoms with Crippen molar-refractivity contribution in [3.05, 3.63) is 4.91 Å². The van der Waals surface area contributed by atoms with Gasteiger partial charge in [0, 0.05) is 0 Å². The van der Waals surface area contributed by atoms with Crippen molar-refractivity contribution < 1.29 is 39.5 Å². The third kappa shape index (κ3) is 3.21. The number of hydrogen-bond acceptors (Lipinski definition) is 2. The van der Waals surface area contributed by atoms with E-state index in [0.29, 0.717) is 0 Å². The van der Waals surface area contributed by atoms with Crippen molar-refractivity contribution in [2.45, 2.75) is 37.1 Å². The van der Waals surface area contributed by atoms with Gasteiger partial charge >= 0.3 is 33.3 Å². The molecule has 17 heteroatoms. The zero-order chi connectivity index (χ0) is 20.2. The van der Waals surface area contributed by atoms with Gasteiger partial charge in [0.1, 0.15) is 0 Å². The average Bonchev–Trinajstić information content (AvgIpc) is 2.36. The fourth-order valence-corrected chi connectivity index (χ4v) is 2.31. The minimum atomic E-state index is -6.91. The zero-order valence-electron chi connectivity index (χ0n) is 10.0. The molecule has 0 rings (SSSR count). The van der Waals surface area contributed by atoms with Crippen molar-refractivity contribution >= 4 is 69.6 Å². The fraction of sp³-hybridized carbons (Fsp3) is 1.00. The number of nitrogens with zero attached hydrogens (tertiary/aromatic N) is 1. The number of hydrogen-bond donors (Lipinski definition) is 0. The highest BCUT2D eigenvalue weighted by atomic mass is 35.6. The van der Waals surface area contributed by atoms with Gasteiger partial charge in [0.05, 0.1) is 0 Å². The summed E-state index contributed by atoms with van der Waals surface area (Å²) in [6.45, 7) is 0. The lowest BCUT2D eigenvalue weighted by Gasteiger charge is -2.43. The van der Waals surface area contributed by atoms with E-state index < -0.39 is 37.1 Å². The normalized spacial score (nSPS) is 22.3. The van der Waals surface area contributed by atoms with Crippen molar-refractivity contribution in [1.82, 2.24) is 0 Å². The van der Waals surface area contributed by atoms with Crippen molar-refractivity contribution in [2.75, 3.05) is 0 Å². The molecular weight excluding hydrogens is 498 g/mol. The van der Waals surface area contributed by atoms with Crippen LogP contribution in [0.1, 0.15) is 0 Å². The molecule has 0 aliphatic carbocycles. The Bertz CT molecular complexity index is 505. The molecule has 0 fully saturated rings. The largest absolute Gasteiger partial charge is 0.380 e. The molecule has 0 bridgehead atoms. The van der Waals surface area contributed by atoms with E-state index in [1.165, 1.54) is 0 Å². The smallest absolute Gasteiger partial charge is 0.212 e. The van der Waals surface area contributed by atoms with Crippen LogP contribution in [-0.2, 0) is 0 Å². The first-order chi connectivity index (χ1) is 10.1. The third-order valence-corrected chi connectivity index (χ3v) is 4.39. The van der Waals surface area contributed by atoms with E-state index in [2.05, 4.69) is 69.6 Å². The van der Waals surface area contributed by atoms with Gasteiger partial charge in [-0.25, -0.2) is 8.78 Å². The molecule has 0 aromatic rings. The van der Waals surface area contributed by atoms with Crippen LogP contribution in [0.5, 0.6) is 0 Å². The van der Waals surface area contributed by atoms with Gasteiger partial charge in [-0.05, 0) is 16.8 Å². The molecule has 0 aromatic carbocycles. The molecule has 2 nitrogen and oxygen atoms in total. The van der Waals surface area contributed by atoms with Crippen LogP contribution < -0.4 is 0 Å². The number of alkyl halides is 15. The summed E-state index contributed by atoms with van der Waals surface area (Å²) in [7, 11) is 0. The van der Waals surface area contributed by atoms with Gasteiger partial charge in [0.25, 0.3) is 3.79 Å². The molecular formula is C7Cl6F9NO. The molecule has 0 heterocycles. The number of nitroso groups, excluding NO2 is 1. The van der Waals surface area contributed by atoms with Gasteiger partial charge < -0.3 is 0 Å². The van der Waals surface area contributed by atoms with E-state index in [4.69, 9.17) is 0 Å². The minimum absolute atomic E-state index is 0.775. The molecule has 0 N–H and O–H groups in total. The lowest BCUT2D eigenvalue weighted by atomic mass is 9.97. The summed E-state index contributed by atoms with van der Waals surface area (Å²) in [5.74, 6) is -19.6. The SMILES string of the molecule is O=NC(F)(Cl)C(F)(F)C(F)(Cl)C(F)(F)C(F)(Cl)C(F)(F)C(Cl)(Cl)Cl. The van der Waals surface area contributed by atoms with Crippen LogP contribution in [-0.4, -0.2) is 37.1 Å². The van der Waals surface area contributed by atoms with Crippen molar-refractivity contribution in [3.63, 3.8) is 0 Å². The van der Waals surface area contributed by atoms with E-state index in [1.807, 2.05) is 0 Å². The summed E-state index contributed by atoms with van der Waals surface area (Å²) in [5.41, 5.74) is 0. The molecule has 0 aromatic heterocycles. The van der Waals surface area contributed by atoms with Crippen LogP contribution in [0.2, 0.25) is 0 Å². The van der Waals surface area contributed by atoms with Crippen LogP contribution in [0.25, 0.3) is 0 Å². The molecule has 0 spiro atoms. The summed E-state index contributed by atoms with van der Waals surface area (Å²) in [6, 6.07) is 0. The van der Waals surface area contributed by atoms with E-state index in [1.54, 1.807) is 0 Å². The average molecular weight is 498 g/mol. The Kier molecular flexibility index (Phi) is 6.59. The second-order valence-corrected chi connectivity index (χ2v) is 7.83. The molecule has 0 aliphatic rings. The lowest BCUT2D eigenvalue weighted by molar-refractivity contribution is -0.294. The predicted molar refractivity (Wildman–Crippen MR) is 70.0 cm³/mol. The molecule has 0 radical (unpaired) electrons. The molecule has 0 saturated heterocycles. The Morgan fingerprint density at radius 2 is 0.833 bits per heavy atom. The van der Waals surface area contributed by atoms with Crippen molar-refractivity contribution in [3.8, 4) is 0 Å². The maximum atomic E-state index is 13.7. The van der Waals surface area contributed by atoms with E-state index in [9.17, 15) is 44.4 Å². The van der Waals surface area contributed by atoms with Gasteiger partial charge in [0.15, 0.2) is 0 Å². The van der Waals surface area contributed by atoms with E-state index in [-0.39, 0.29) is 0 Å². The molecule has 0 saturated carbocycles. The van der Waals surface area contributed by atoms with Gasteiger partial charge in [-0.15, -0.1) is 4.91 Å². The quantitative estimate of drug-likeness (QED) is 0.174. The molecule has 0 amide bonds. The van der Waals surface area contributed by atoms with Crippen LogP contribution in [0.15, 0.2) is 5.18 Å². The lowest BCUT2D eigenvalue weighted by Crippen LogP contribution is -2.71. The highest BCUT2D eigenvalue weighted by Gasteiger charge is 2.89. The zero-order valence-corrected chi connectivity index (χ0v) is 14.6. The summed E-state index contributed by atoms with van der Waals surface area (Å²) < 4.78 is 117. The molecule has 3 unspecified atom stereocenters. The molecule has 0 aliphatic heterocycles. The maximum absolute atomic E-state index is 13.7. The Morgan fingerprint density at radius 3 is 1.08 bits per heavy atom. The first-order valence-electron chi connectivity index (χ1n) is 4.74. The summed E-state index contributed by atoms with van der Waals surface area (Å²) in [4.78, 5) is 9.81. The molecule has 24 heavy (non-hydrogen) atoms. The fourth-order valence-electron chi connectivity index (χ4n) is 1.02. The third-order valence-electron chi connectivity index (χ3n) is 2.43. The van der Waals surface area contributed by atoms with Gasteiger partial charge in [-0.2, -0.15) is 30.7 Å². The highest BCUT2D eigenvalue weighted by molar-refractivity contribution is 6.68. The summed E-state index contributed by atoms with van der Waals surface area (Å²) in [5, 5.41) is -17.5. The summed E-state index contributed by atoms with van der Waals surface area (Å²) in [6.07, 6.45) is 0. The standard InChI is InChI=1S/C7Cl6F9NO/c8-1(14,4(18,19)6(10,11)12)3(16,17)2(9,15)5(20,21)7(13,22)23-24. The van der Waals surface area contributed by atoms with Crippen LogP contribution in [0.4, 0.5) is 39.5 Å². The highest BCUT2D eigenvalue weighted by Crippen LogP contribution is 2.65. The number of halogens is 15. The van der Waals surface area contributed by atoms with Gasteiger partial charge in [-0.1, -0.05) is 58.0 Å². The molecule has 3 atom stereocenters. The Hall–Kier alpha value is 0.710. The second kappa shape index (κ2) is 6.40. The summed E-state index contributed by atoms with van der Waals surface area (Å²) >= 11 is 25.7. The first-order valence-corrected chi connectivity index (χ1v) is 7.01. The Balaban J connectivity index is 6.47. The molecule has 144 valence electrons. The maximum Gasteiger partial charge on any atom is 0.380 e. The minimum Gasteiger partial charge on any atom is -0.212 e. The van der Waals surface area contributed by atoms with Gasteiger partial charge in [0.2, 0.25) is 0 Å².